The molecule has 2 heterocycles. The second kappa shape index (κ2) is 6.91. The highest BCUT2D eigenvalue weighted by Gasteiger charge is 2.13. The van der Waals surface area contributed by atoms with E-state index in [1.807, 2.05) is 12.1 Å². The second-order valence-corrected chi connectivity index (χ2v) is 6.91. The van der Waals surface area contributed by atoms with Crippen molar-refractivity contribution in [1.29, 1.82) is 0 Å². The van der Waals surface area contributed by atoms with Gasteiger partial charge >= 0.3 is 0 Å². The molecule has 5 nitrogen and oxygen atoms in total. The number of nitrogens with one attached hydrogen (secondary N) is 1. The average molecular weight is 329 g/mol. The van der Waals surface area contributed by atoms with Crippen LogP contribution in [0.15, 0.2) is 47.5 Å². The Morgan fingerprint density at radius 3 is 2.39 bits per heavy atom. The molecular weight excluding hydrogens is 310 g/mol. The van der Waals surface area contributed by atoms with Crippen molar-refractivity contribution in [3.63, 3.8) is 0 Å². The average Bonchev–Trinajstić information content (AvgIpc) is 3.10. The smallest absolute Gasteiger partial charge is 0.255 e. The molecule has 1 aromatic carbocycles. The van der Waals surface area contributed by atoms with E-state index in [2.05, 4.69) is 15.2 Å². The number of carbonyl (C=O) groups is 1. The lowest BCUT2D eigenvalue weighted by Crippen LogP contribution is -2.19. The maximum Gasteiger partial charge on any atom is 0.255 e. The van der Waals surface area contributed by atoms with Crippen molar-refractivity contribution in [1.82, 2.24) is 4.98 Å². The molecule has 120 valence electrons. The van der Waals surface area contributed by atoms with Crippen LogP contribution in [0.5, 0.6) is 0 Å². The summed E-state index contributed by atoms with van der Waals surface area (Å²) in [6, 6.07) is 10.6. The van der Waals surface area contributed by atoms with Gasteiger partial charge in [0.05, 0.1) is 11.9 Å². The highest BCUT2D eigenvalue weighted by Crippen LogP contribution is 2.19. The van der Waals surface area contributed by atoms with Crippen molar-refractivity contribution in [3.05, 3.63) is 48.2 Å². The minimum Gasteiger partial charge on any atom is -0.357 e. The molecule has 1 N–H and O–H groups in total. The molecule has 1 aliphatic rings. The Labute approximate surface area is 138 Å². The van der Waals surface area contributed by atoms with E-state index in [1.54, 1.807) is 36.7 Å². The molecule has 0 radical (unpaired) electrons. The number of hydrogen-bond donors (Lipinski definition) is 1. The number of benzene rings is 1. The van der Waals surface area contributed by atoms with Gasteiger partial charge in [-0.05, 0) is 49.2 Å². The summed E-state index contributed by atoms with van der Waals surface area (Å²) >= 11 is 0. The van der Waals surface area contributed by atoms with Crippen LogP contribution >= 0.6 is 0 Å². The summed E-state index contributed by atoms with van der Waals surface area (Å²) < 4.78 is 11.4. The summed E-state index contributed by atoms with van der Waals surface area (Å²) in [7, 11) is -1.04. The number of hydrogen-bond acceptors (Lipinski definition) is 4. The van der Waals surface area contributed by atoms with E-state index in [0.29, 0.717) is 16.1 Å². The zero-order valence-corrected chi connectivity index (χ0v) is 13.8. The van der Waals surface area contributed by atoms with Gasteiger partial charge in [0.15, 0.2) is 0 Å². The number of rotatable bonds is 4. The molecule has 0 saturated carbocycles. The molecule has 0 spiro atoms. The fraction of sp³-hybridized carbons (Fsp3) is 0.294. The molecule has 0 bridgehead atoms. The minimum absolute atomic E-state index is 0.200. The molecule has 1 aliphatic heterocycles. The third-order valence-corrected chi connectivity index (χ3v) is 4.82. The van der Waals surface area contributed by atoms with Crippen molar-refractivity contribution < 1.29 is 9.00 Å². The minimum atomic E-state index is -1.04. The molecule has 1 atom stereocenters. The first-order valence-electron chi connectivity index (χ1n) is 7.59. The fourth-order valence-corrected chi connectivity index (χ4v) is 3.11. The van der Waals surface area contributed by atoms with Crippen LogP contribution in [0.25, 0.3) is 0 Å². The van der Waals surface area contributed by atoms with Crippen LogP contribution in [-0.2, 0) is 10.8 Å². The van der Waals surface area contributed by atoms with Crippen LogP contribution < -0.4 is 10.2 Å². The van der Waals surface area contributed by atoms with Gasteiger partial charge in [0.2, 0.25) is 0 Å². The molecule has 1 saturated heterocycles. The van der Waals surface area contributed by atoms with Gasteiger partial charge in [-0.1, -0.05) is 0 Å². The van der Waals surface area contributed by atoms with E-state index in [-0.39, 0.29) is 5.91 Å². The summed E-state index contributed by atoms with van der Waals surface area (Å²) in [4.78, 5) is 19.6. The normalized spacial score (nSPS) is 15.4. The second-order valence-electron chi connectivity index (χ2n) is 5.53. The highest BCUT2D eigenvalue weighted by atomic mass is 32.2. The molecule has 1 aromatic heterocycles. The van der Waals surface area contributed by atoms with E-state index >= 15 is 0 Å². The number of amides is 1. The van der Waals surface area contributed by atoms with Gasteiger partial charge in [-0.2, -0.15) is 0 Å². The van der Waals surface area contributed by atoms with Crippen LogP contribution in [-0.4, -0.2) is 34.4 Å². The third-order valence-electron chi connectivity index (χ3n) is 3.88. The number of carbonyl (C=O) groups excluding carboxylic acids is 1. The topological polar surface area (TPSA) is 62.3 Å². The highest BCUT2D eigenvalue weighted by molar-refractivity contribution is 7.84. The van der Waals surface area contributed by atoms with Gasteiger partial charge in [0.1, 0.15) is 5.82 Å². The van der Waals surface area contributed by atoms with Crippen LogP contribution in [0.2, 0.25) is 0 Å². The van der Waals surface area contributed by atoms with Crippen molar-refractivity contribution in [3.8, 4) is 0 Å². The van der Waals surface area contributed by atoms with Crippen molar-refractivity contribution in [2.75, 3.05) is 29.6 Å². The molecule has 1 fully saturated rings. The standard InChI is InChI=1S/C17H19N3O2S/c1-23(22)15-7-4-13(5-8-15)17(21)19-14-6-9-16(18-12-14)20-10-2-3-11-20/h4-9,12H,2-3,10-11H2,1H3,(H,19,21). The molecule has 1 amide bonds. The lowest BCUT2D eigenvalue weighted by atomic mass is 10.2. The predicted molar refractivity (Wildman–Crippen MR) is 92.4 cm³/mol. The summed E-state index contributed by atoms with van der Waals surface area (Å²) in [6.07, 6.45) is 5.71. The Kier molecular flexibility index (Phi) is 4.71. The van der Waals surface area contributed by atoms with Crippen LogP contribution in [0.4, 0.5) is 11.5 Å². The molecular formula is C17H19N3O2S. The van der Waals surface area contributed by atoms with Gasteiger partial charge < -0.3 is 10.2 Å². The maximum absolute atomic E-state index is 12.2. The summed E-state index contributed by atoms with van der Waals surface area (Å²) in [5.74, 6) is 0.754. The largest absolute Gasteiger partial charge is 0.357 e. The number of pyridine rings is 1. The molecule has 6 heteroatoms. The predicted octanol–water partition coefficient (Wildman–Crippen LogP) is 2.67. The van der Waals surface area contributed by atoms with Gasteiger partial charge in [-0.15, -0.1) is 0 Å². The number of nitrogens with zero attached hydrogens (tertiary/aromatic N) is 2. The Morgan fingerprint density at radius 2 is 1.83 bits per heavy atom. The number of aromatic nitrogens is 1. The van der Waals surface area contributed by atoms with Crippen molar-refractivity contribution in [2.45, 2.75) is 17.7 Å². The van der Waals surface area contributed by atoms with E-state index < -0.39 is 10.8 Å². The third kappa shape index (κ3) is 3.76. The van der Waals surface area contributed by atoms with Gasteiger partial charge in [0.25, 0.3) is 5.91 Å². The molecule has 23 heavy (non-hydrogen) atoms. The zero-order chi connectivity index (χ0) is 16.2. The van der Waals surface area contributed by atoms with Crippen LogP contribution in [0.3, 0.4) is 0 Å². The van der Waals surface area contributed by atoms with E-state index in [0.717, 1.165) is 18.9 Å². The molecule has 2 aromatic rings. The molecule has 0 aliphatic carbocycles. The first-order chi connectivity index (χ1) is 11.1. The zero-order valence-electron chi connectivity index (χ0n) is 13.0. The lowest BCUT2D eigenvalue weighted by Gasteiger charge is -2.16. The van der Waals surface area contributed by atoms with E-state index in [1.165, 1.54) is 12.8 Å². The molecule has 3 rings (SSSR count). The van der Waals surface area contributed by atoms with E-state index in [4.69, 9.17) is 0 Å². The van der Waals surface area contributed by atoms with E-state index in [9.17, 15) is 9.00 Å². The summed E-state index contributed by atoms with van der Waals surface area (Å²) in [5, 5.41) is 2.83. The van der Waals surface area contributed by atoms with Crippen LogP contribution in [0, 0.1) is 0 Å². The van der Waals surface area contributed by atoms with Gasteiger partial charge in [-0.3, -0.25) is 9.00 Å². The Morgan fingerprint density at radius 1 is 1.13 bits per heavy atom. The first-order valence-corrected chi connectivity index (χ1v) is 9.15. The Hall–Kier alpha value is -2.21. The number of anilines is 2. The first kappa shape index (κ1) is 15.7. The van der Waals surface area contributed by atoms with Gasteiger partial charge in [-0.25, -0.2) is 4.98 Å². The Bertz CT molecular complexity index is 708. The van der Waals surface area contributed by atoms with Crippen molar-refractivity contribution >= 4 is 28.2 Å². The summed E-state index contributed by atoms with van der Waals surface area (Å²) in [6.45, 7) is 2.09. The van der Waals surface area contributed by atoms with Crippen molar-refractivity contribution in [2.24, 2.45) is 0 Å². The lowest BCUT2D eigenvalue weighted by molar-refractivity contribution is 0.102. The Balaban J connectivity index is 1.66. The SMILES string of the molecule is CS(=O)c1ccc(C(=O)Nc2ccc(N3CCCC3)nc2)cc1. The monoisotopic (exact) mass is 329 g/mol. The quantitative estimate of drug-likeness (QED) is 0.937. The molecule has 1 unspecified atom stereocenters. The summed E-state index contributed by atoms with van der Waals surface area (Å²) in [5.41, 5.74) is 1.20. The fourth-order valence-electron chi connectivity index (χ4n) is 2.59. The van der Waals surface area contributed by atoms with Gasteiger partial charge in [0, 0.05) is 40.6 Å². The maximum atomic E-state index is 12.2. The van der Waals surface area contributed by atoms with Crippen LogP contribution in [0.1, 0.15) is 23.2 Å².